The second kappa shape index (κ2) is 7.64. The van der Waals surface area contributed by atoms with Gasteiger partial charge in [0.1, 0.15) is 5.82 Å². The van der Waals surface area contributed by atoms with Gasteiger partial charge in [0.2, 0.25) is 5.78 Å². The topological polar surface area (TPSA) is 80.6 Å². The summed E-state index contributed by atoms with van der Waals surface area (Å²) in [5, 5.41) is 7.81. The van der Waals surface area contributed by atoms with Crippen LogP contribution in [0.2, 0.25) is 0 Å². The monoisotopic (exact) mass is 411 g/mol. The van der Waals surface area contributed by atoms with Crippen LogP contribution in [-0.4, -0.2) is 58.3 Å². The molecular formula is C21H22FN5O3. The Hall–Kier alpha value is -3.07. The second-order valence-corrected chi connectivity index (χ2v) is 8.02. The summed E-state index contributed by atoms with van der Waals surface area (Å²) in [6, 6.07) is 3.14. The minimum Gasteiger partial charge on any atom is -0.425 e. The van der Waals surface area contributed by atoms with Crippen molar-refractivity contribution in [2.45, 2.75) is 25.4 Å². The summed E-state index contributed by atoms with van der Waals surface area (Å²) in [5.74, 6) is -0.477. The second-order valence-electron chi connectivity index (χ2n) is 8.02. The third kappa shape index (κ3) is 3.49. The number of rotatable bonds is 6. The van der Waals surface area contributed by atoms with Crippen LogP contribution in [0.25, 0.3) is 0 Å². The molecule has 3 aliphatic rings. The van der Waals surface area contributed by atoms with Crippen LogP contribution in [0.1, 0.15) is 34.7 Å². The van der Waals surface area contributed by atoms with E-state index in [1.54, 1.807) is 17.0 Å². The summed E-state index contributed by atoms with van der Waals surface area (Å²) in [5.41, 5.74) is 1.67. The number of aromatic nitrogens is 3. The largest absolute Gasteiger partial charge is 0.425 e. The first kappa shape index (κ1) is 18.9. The molecule has 2 fully saturated rings. The zero-order valence-corrected chi connectivity index (χ0v) is 16.4. The zero-order chi connectivity index (χ0) is 20.7. The highest BCUT2D eigenvalue weighted by Crippen LogP contribution is 2.48. The van der Waals surface area contributed by atoms with Crippen molar-refractivity contribution in [3.63, 3.8) is 0 Å². The van der Waals surface area contributed by atoms with E-state index >= 15 is 4.39 Å². The predicted octanol–water partition coefficient (Wildman–Crippen LogP) is 1.94. The number of hydrogen-bond donors (Lipinski definition) is 0. The summed E-state index contributed by atoms with van der Waals surface area (Å²) >= 11 is 0. The Labute approximate surface area is 172 Å². The Kier molecular flexibility index (Phi) is 4.82. The Morgan fingerprint density at radius 3 is 2.67 bits per heavy atom. The highest BCUT2D eigenvalue weighted by atomic mass is 19.1. The van der Waals surface area contributed by atoms with Gasteiger partial charge < -0.3 is 9.64 Å². The molecule has 30 heavy (non-hydrogen) atoms. The zero-order valence-electron chi connectivity index (χ0n) is 16.4. The maximum Gasteiger partial charge on any atom is 0.298 e. The Bertz CT molecular complexity index is 994. The maximum atomic E-state index is 15.0. The fourth-order valence-electron chi connectivity index (χ4n) is 4.39. The molecule has 156 valence electrons. The molecule has 1 aliphatic heterocycles. The van der Waals surface area contributed by atoms with Crippen molar-refractivity contribution in [3.05, 3.63) is 53.3 Å². The van der Waals surface area contributed by atoms with Gasteiger partial charge in [-0.1, -0.05) is 5.21 Å². The van der Waals surface area contributed by atoms with Gasteiger partial charge in [-0.15, -0.1) is 5.10 Å². The fourth-order valence-corrected chi connectivity index (χ4v) is 4.39. The van der Waals surface area contributed by atoms with Crippen molar-refractivity contribution in [2.75, 3.05) is 31.1 Å². The van der Waals surface area contributed by atoms with Gasteiger partial charge in [-0.2, -0.15) is 0 Å². The number of carbonyl (C=O) groups is 2. The number of nitrogens with zero attached hydrogens (tertiary/aromatic N) is 5. The quantitative estimate of drug-likeness (QED) is 0.672. The van der Waals surface area contributed by atoms with Crippen molar-refractivity contribution in [1.29, 1.82) is 0 Å². The molecule has 1 atom stereocenters. The number of ether oxygens (including phenoxy) is 1. The smallest absolute Gasteiger partial charge is 0.298 e. The van der Waals surface area contributed by atoms with Gasteiger partial charge in [0.15, 0.2) is 5.76 Å². The molecule has 5 rings (SSSR count). The van der Waals surface area contributed by atoms with E-state index in [1.165, 1.54) is 6.07 Å². The lowest BCUT2D eigenvalue weighted by Crippen LogP contribution is -2.47. The van der Waals surface area contributed by atoms with E-state index < -0.39 is 11.6 Å². The Morgan fingerprint density at radius 2 is 2.00 bits per heavy atom. The van der Waals surface area contributed by atoms with Crippen LogP contribution in [-0.2, 0) is 16.2 Å². The van der Waals surface area contributed by atoms with Gasteiger partial charge in [-0.25, -0.2) is 9.07 Å². The van der Waals surface area contributed by atoms with Crippen LogP contribution in [0.5, 0.6) is 0 Å². The van der Waals surface area contributed by atoms with Crippen LogP contribution in [0.4, 0.5) is 10.1 Å². The number of anilines is 1. The first-order valence-corrected chi connectivity index (χ1v) is 10.2. The lowest BCUT2D eigenvalue weighted by atomic mass is 9.82. The summed E-state index contributed by atoms with van der Waals surface area (Å²) in [6.07, 6.45) is 7.30. The number of Topliss-reactive ketones (excluding diaryl/α,β-unsaturated/α-hetero) is 1. The molecule has 1 saturated heterocycles. The van der Waals surface area contributed by atoms with Gasteiger partial charge in [0.05, 0.1) is 18.6 Å². The third-order valence-corrected chi connectivity index (χ3v) is 6.11. The van der Waals surface area contributed by atoms with E-state index in [4.69, 9.17) is 4.74 Å². The number of allylic oxidation sites excluding steroid dienone is 2. The summed E-state index contributed by atoms with van der Waals surface area (Å²) < 4.78 is 21.7. The highest BCUT2D eigenvalue weighted by molar-refractivity contribution is 6.10. The lowest BCUT2D eigenvalue weighted by Gasteiger charge is -2.36. The van der Waals surface area contributed by atoms with Gasteiger partial charge in [0.25, 0.3) is 6.47 Å². The minimum atomic E-state index is -0.433. The average Bonchev–Trinajstić information content (AvgIpc) is 3.47. The summed E-state index contributed by atoms with van der Waals surface area (Å²) in [6.45, 7) is 3.83. The van der Waals surface area contributed by atoms with E-state index in [-0.39, 0.29) is 18.1 Å². The van der Waals surface area contributed by atoms with Crippen molar-refractivity contribution < 1.29 is 18.7 Å². The number of hydrogen-bond acceptors (Lipinski definition) is 7. The van der Waals surface area contributed by atoms with Crippen molar-refractivity contribution >= 4 is 17.9 Å². The van der Waals surface area contributed by atoms with Crippen LogP contribution >= 0.6 is 0 Å². The number of benzene rings is 1. The number of ketones is 1. The number of fused-ring (bicyclic) bond motifs is 1. The van der Waals surface area contributed by atoms with Gasteiger partial charge in [-0.3, -0.25) is 14.5 Å². The van der Waals surface area contributed by atoms with Crippen LogP contribution in [0.15, 0.2) is 36.4 Å². The van der Waals surface area contributed by atoms with Gasteiger partial charge >= 0.3 is 0 Å². The van der Waals surface area contributed by atoms with E-state index in [1.807, 2.05) is 17.2 Å². The summed E-state index contributed by atoms with van der Waals surface area (Å²) in [4.78, 5) is 27.7. The molecule has 1 aromatic heterocycles. The van der Waals surface area contributed by atoms with E-state index in [0.29, 0.717) is 36.9 Å². The minimum absolute atomic E-state index is 0.00303. The molecular weight excluding hydrogens is 389 g/mol. The highest BCUT2D eigenvalue weighted by Gasteiger charge is 2.39. The first-order chi connectivity index (χ1) is 14.6. The number of halogens is 1. The first-order valence-electron chi connectivity index (χ1n) is 10.2. The fraction of sp³-hybridized carbons (Fsp3) is 0.429. The standard InChI is InChI=1S/C21H22FN5O3/c22-18-9-17-16(15(14-1-2-14)11-20(21(17)29)30-13-28)10-19(18)26-7-5-25(6-8-26)12-27-4-3-23-24-27/h3-4,9-11,13-15H,1-2,5-8,12H2. The van der Waals surface area contributed by atoms with E-state index in [9.17, 15) is 9.59 Å². The van der Waals surface area contributed by atoms with Crippen LogP contribution < -0.4 is 4.90 Å². The Balaban J connectivity index is 1.38. The maximum absolute atomic E-state index is 15.0. The third-order valence-electron chi connectivity index (χ3n) is 6.11. The molecule has 1 unspecified atom stereocenters. The molecule has 9 heteroatoms. The molecule has 0 N–H and O–H groups in total. The summed E-state index contributed by atoms with van der Waals surface area (Å²) in [7, 11) is 0. The molecule has 2 aromatic rings. The molecule has 8 nitrogen and oxygen atoms in total. The predicted molar refractivity (Wildman–Crippen MR) is 105 cm³/mol. The van der Waals surface area contributed by atoms with Gasteiger partial charge in [-0.05, 0) is 42.5 Å². The number of carbonyl (C=O) groups excluding carboxylic acids is 2. The molecule has 0 radical (unpaired) electrons. The van der Waals surface area contributed by atoms with Gasteiger partial charge in [0, 0.05) is 43.9 Å². The van der Waals surface area contributed by atoms with Crippen molar-refractivity contribution in [3.8, 4) is 0 Å². The molecule has 1 aromatic carbocycles. The van der Waals surface area contributed by atoms with E-state index in [2.05, 4.69) is 15.2 Å². The normalized spacial score (nSPS) is 21.9. The molecule has 0 bridgehead atoms. The molecule has 2 aliphatic carbocycles. The van der Waals surface area contributed by atoms with E-state index in [0.717, 1.165) is 31.5 Å². The van der Waals surface area contributed by atoms with Crippen LogP contribution in [0.3, 0.4) is 0 Å². The Morgan fingerprint density at radius 1 is 1.20 bits per heavy atom. The molecule has 0 amide bonds. The molecule has 2 heterocycles. The molecule has 0 spiro atoms. The average molecular weight is 411 g/mol. The van der Waals surface area contributed by atoms with Crippen molar-refractivity contribution in [1.82, 2.24) is 19.9 Å². The SMILES string of the molecule is O=COC1=CC(C2CC2)c2cc(N3CCN(Cn4ccnn4)CC3)c(F)cc2C1=O. The number of piperazine rings is 1. The van der Waals surface area contributed by atoms with Crippen LogP contribution in [0, 0.1) is 11.7 Å². The van der Waals surface area contributed by atoms with Crippen molar-refractivity contribution in [2.24, 2.45) is 5.92 Å². The molecule has 1 saturated carbocycles. The lowest BCUT2D eigenvalue weighted by molar-refractivity contribution is -0.124.